The molecule has 0 heterocycles. The molecule has 0 N–H and O–H groups in total. The summed E-state index contributed by atoms with van der Waals surface area (Å²) in [6.07, 6.45) is 0. The lowest BCUT2D eigenvalue weighted by Gasteiger charge is -2.27. The van der Waals surface area contributed by atoms with Gasteiger partial charge in [0.05, 0.1) is 42.3 Å². The fraction of sp³-hybridized carbons (Fsp3) is 0.400. The minimum Gasteiger partial charge on any atom is -0.327 e. The summed E-state index contributed by atoms with van der Waals surface area (Å²) >= 11 is 0. The van der Waals surface area contributed by atoms with Crippen LogP contribution in [-0.4, -0.2) is 51.3 Å². The molecule has 0 saturated carbocycles. The molecule has 2 heteroatoms. The maximum absolute atomic E-state index is 2.27. The van der Waals surface area contributed by atoms with Crippen LogP contribution >= 0.6 is 0 Å². The van der Waals surface area contributed by atoms with Gasteiger partial charge >= 0.3 is 0 Å². The lowest BCUT2D eigenvalue weighted by Crippen LogP contribution is -2.34. The van der Waals surface area contributed by atoms with E-state index in [0.29, 0.717) is 0 Å². The Kier molecular flexibility index (Phi) is 4.74. The van der Waals surface area contributed by atoms with Gasteiger partial charge in [0.25, 0.3) is 0 Å². The molecule has 0 aliphatic carbocycles. The largest absolute Gasteiger partial charge is 0.327 e. The van der Waals surface area contributed by atoms with Crippen LogP contribution in [0, 0.1) is 0 Å². The van der Waals surface area contributed by atoms with Gasteiger partial charge in [-0.3, -0.25) is 0 Å². The standard InChI is InChI=1S/C20H30N2/c1-21(2,3)15-17-11-7-9-13-19(17)20-14-10-8-12-18(20)16-22(4,5)6/h7-14H,15-16H2,1-6H3/q+2. The lowest BCUT2D eigenvalue weighted by molar-refractivity contribution is -0.884. The highest BCUT2D eigenvalue weighted by atomic mass is 15.3. The van der Waals surface area contributed by atoms with Crippen LogP contribution in [0.15, 0.2) is 48.5 Å². The fourth-order valence-corrected chi connectivity index (χ4v) is 2.86. The Morgan fingerprint density at radius 3 is 1.18 bits per heavy atom. The maximum atomic E-state index is 2.27. The minimum absolute atomic E-state index is 0.939. The van der Waals surface area contributed by atoms with Gasteiger partial charge < -0.3 is 8.97 Å². The quantitative estimate of drug-likeness (QED) is 0.737. The molecule has 0 aliphatic heterocycles. The summed E-state index contributed by atoms with van der Waals surface area (Å²) < 4.78 is 1.88. The molecule has 0 spiro atoms. The van der Waals surface area contributed by atoms with Gasteiger partial charge in [0.1, 0.15) is 13.1 Å². The molecule has 0 bridgehead atoms. The van der Waals surface area contributed by atoms with Crippen molar-refractivity contribution in [2.24, 2.45) is 0 Å². The molecule has 0 unspecified atom stereocenters. The second-order valence-electron chi connectivity index (χ2n) is 8.21. The second-order valence-corrected chi connectivity index (χ2v) is 8.21. The van der Waals surface area contributed by atoms with Crippen molar-refractivity contribution in [3.63, 3.8) is 0 Å². The van der Waals surface area contributed by atoms with Gasteiger partial charge in [0.2, 0.25) is 0 Å². The minimum atomic E-state index is 0.939. The van der Waals surface area contributed by atoms with Crippen LogP contribution in [0.4, 0.5) is 0 Å². The third-order valence-electron chi connectivity index (χ3n) is 3.61. The van der Waals surface area contributed by atoms with E-state index in [9.17, 15) is 0 Å². The zero-order chi connectivity index (χ0) is 16.4. The summed E-state index contributed by atoms with van der Waals surface area (Å²) in [4.78, 5) is 0. The van der Waals surface area contributed by atoms with Crippen molar-refractivity contribution >= 4 is 0 Å². The molecular formula is C20H30N2+2. The first-order chi connectivity index (χ1) is 10.2. The number of hydrogen-bond acceptors (Lipinski definition) is 0. The average molecular weight is 298 g/mol. The number of nitrogens with zero attached hydrogens (tertiary/aromatic N) is 2. The van der Waals surface area contributed by atoms with Crippen LogP contribution in [0.1, 0.15) is 11.1 Å². The van der Waals surface area contributed by atoms with Crippen molar-refractivity contribution in [2.45, 2.75) is 13.1 Å². The molecule has 2 aromatic carbocycles. The summed E-state index contributed by atoms with van der Waals surface area (Å²) in [5, 5.41) is 0. The Bertz CT molecular complexity index is 573. The normalized spacial score (nSPS) is 12.5. The summed E-state index contributed by atoms with van der Waals surface area (Å²) in [7, 11) is 13.5. The Labute approximate surface area is 135 Å². The van der Waals surface area contributed by atoms with E-state index in [1.54, 1.807) is 0 Å². The van der Waals surface area contributed by atoms with E-state index >= 15 is 0 Å². The van der Waals surface area contributed by atoms with E-state index in [0.717, 1.165) is 22.1 Å². The molecule has 22 heavy (non-hydrogen) atoms. The summed E-state index contributed by atoms with van der Waals surface area (Å²) in [6.45, 7) is 2.07. The van der Waals surface area contributed by atoms with Crippen LogP contribution < -0.4 is 0 Å². The lowest BCUT2D eigenvalue weighted by atomic mass is 9.94. The Balaban J connectivity index is 2.49. The van der Waals surface area contributed by atoms with Crippen molar-refractivity contribution in [1.82, 2.24) is 0 Å². The van der Waals surface area contributed by atoms with Gasteiger partial charge in [0.15, 0.2) is 0 Å². The molecule has 0 saturated heterocycles. The molecule has 0 aliphatic rings. The Morgan fingerprint density at radius 2 is 0.864 bits per heavy atom. The van der Waals surface area contributed by atoms with Crippen molar-refractivity contribution in [1.29, 1.82) is 0 Å². The third-order valence-corrected chi connectivity index (χ3v) is 3.61. The molecule has 0 atom stereocenters. The van der Waals surface area contributed by atoms with Gasteiger partial charge in [0, 0.05) is 11.1 Å². The Hall–Kier alpha value is -1.64. The molecule has 2 aromatic rings. The number of hydrogen-bond donors (Lipinski definition) is 0. The molecule has 0 aromatic heterocycles. The third kappa shape index (κ3) is 4.69. The first-order valence-corrected chi connectivity index (χ1v) is 7.93. The van der Waals surface area contributed by atoms with Crippen molar-refractivity contribution in [3.8, 4) is 11.1 Å². The van der Waals surface area contributed by atoms with Crippen molar-refractivity contribution in [2.75, 3.05) is 42.3 Å². The van der Waals surface area contributed by atoms with E-state index in [2.05, 4.69) is 90.8 Å². The van der Waals surface area contributed by atoms with Gasteiger partial charge in [-0.2, -0.15) is 0 Å². The highest BCUT2D eigenvalue weighted by molar-refractivity contribution is 5.70. The SMILES string of the molecule is C[N+](C)(C)Cc1ccccc1-c1ccccc1C[N+](C)(C)C. The fourth-order valence-electron chi connectivity index (χ4n) is 2.86. The molecular weight excluding hydrogens is 268 g/mol. The highest BCUT2D eigenvalue weighted by Gasteiger charge is 2.17. The first kappa shape index (κ1) is 16.7. The first-order valence-electron chi connectivity index (χ1n) is 7.93. The Morgan fingerprint density at radius 1 is 0.545 bits per heavy atom. The van der Waals surface area contributed by atoms with E-state index in [4.69, 9.17) is 0 Å². The molecule has 2 rings (SSSR count). The van der Waals surface area contributed by atoms with Crippen LogP contribution in [-0.2, 0) is 13.1 Å². The summed E-state index contributed by atoms with van der Waals surface area (Å²) in [5.41, 5.74) is 5.59. The molecule has 0 amide bonds. The second kappa shape index (κ2) is 6.23. The van der Waals surface area contributed by atoms with E-state index < -0.39 is 0 Å². The van der Waals surface area contributed by atoms with Crippen LogP contribution in [0.2, 0.25) is 0 Å². The monoisotopic (exact) mass is 298 g/mol. The summed E-state index contributed by atoms with van der Waals surface area (Å²) in [5.74, 6) is 0. The van der Waals surface area contributed by atoms with Crippen molar-refractivity contribution < 1.29 is 8.97 Å². The van der Waals surface area contributed by atoms with E-state index in [-0.39, 0.29) is 0 Å². The van der Waals surface area contributed by atoms with Gasteiger partial charge in [-0.15, -0.1) is 0 Å². The van der Waals surface area contributed by atoms with Crippen molar-refractivity contribution in [3.05, 3.63) is 59.7 Å². The zero-order valence-corrected chi connectivity index (χ0v) is 14.9. The average Bonchev–Trinajstić information content (AvgIpc) is 2.36. The molecule has 0 fully saturated rings. The van der Waals surface area contributed by atoms with Gasteiger partial charge in [-0.05, 0) is 11.1 Å². The smallest absolute Gasteiger partial charge is 0.104 e. The maximum Gasteiger partial charge on any atom is 0.104 e. The number of quaternary nitrogens is 2. The van der Waals surface area contributed by atoms with E-state index in [1.165, 1.54) is 22.3 Å². The number of benzene rings is 2. The molecule has 0 radical (unpaired) electrons. The van der Waals surface area contributed by atoms with E-state index in [1.807, 2.05) is 0 Å². The predicted octanol–water partition coefficient (Wildman–Crippen LogP) is 3.77. The predicted molar refractivity (Wildman–Crippen MR) is 95.4 cm³/mol. The zero-order valence-electron chi connectivity index (χ0n) is 14.9. The van der Waals surface area contributed by atoms with Gasteiger partial charge in [-0.25, -0.2) is 0 Å². The molecule has 118 valence electrons. The topological polar surface area (TPSA) is 0 Å². The van der Waals surface area contributed by atoms with Crippen LogP contribution in [0.5, 0.6) is 0 Å². The van der Waals surface area contributed by atoms with Crippen LogP contribution in [0.25, 0.3) is 11.1 Å². The van der Waals surface area contributed by atoms with Gasteiger partial charge in [-0.1, -0.05) is 48.5 Å². The summed E-state index contributed by atoms with van der Waals surface area (Å²) in [6, 6.07) is 17.7. The molecule has 2 nitrogen and oxygen atoms in total. The number of rotatable bonds is 5. The highest BCUT2D eigenvalue weighted by Crippen LogP contribution is 2.29. The van der Waals surface area contributed by atoms with Crippen LogP contribution in [0.3, 0.4) is 0 Å².